The van der Waals surface area contributed by atoms with E-state index >= 15 is 0 Å². The average Bonchev–Trinajstić information content (AvgIpc) is 2.95. The topological polar surface area (TPSA) is 63.4 Å². The number of anilines is 1. The molecule has 0 saturated carbocycles. The van der Waals surface area contributed by atoms with E-state index in [1.54, 1.807) is 0 Å². The summed E-state index contributed by atoms with van der Waals surface area (Å²) >= 11 is 0. The number of primary amides is 1. The molecule has 1 heterocycles. The van der Waals surface area contributed by atoms with Gasteiger partial charge in [-0.1, -0.05) is 44.2 Å². The number of benzene rings is 2. The van der Waals surface area contributed by atoms with Crippen LogP contribution in [0.4, 0.5) is 14.5 Å². The van der Waals surface area contributed by atoms with Crippen molar-refractivity contribution in [3.8, 4) is 0 Å². The molecule has 0 bridgehead atoms. The third kappa shape index (κ3) is 3.07. The highest BCUT2D eigenvalue weighted by Crippen LogP contribution is 2.38. The van der Waals surface area contributed by atoms with Gasteiger partial charge in [-0.3, -0.25) is 9.59 Å². The van der Waals surface area contributed by atoms with E-state index in [0.29, 0.717) is 0 Å². The van der Waals surface area contributed by atoms with Crippen molar-refractivity contribution in [2.45, 2.75) is 25.7 Å². The van der Waals surface area contributed by atoms with Gasteiger partial charge < -0.3 is 10.6 Å². The van der Waals surface area contributed by atoms with Gasteiger partial charge in [0, 0.05) is 12.5 Å². The summed E-state index contributed by atoms with van der Waals surface area (Å²) < 4.78 is 27.7. The van der Waals surface area contributed by atoms with Crippen molar-refractivity contribution in [2.75, 3.05) is 11.4 Å². The van der Waals surface area contributed by atoms with Gasteiger partial charge in [0.05, 0.1) is 5.69 Å². The van der Waals surface area contributed by atoms with Gasteiger partial charge in [0.25, 0.3) is 0 Å². The lowest BCUT2D eigenvalue weighted by Gasteiger charge is -2.18. The highest BCUT2D eigenvalue weighted by molar-refractivity contribution is 6.10. The average molecular weight is 358 g/mol. The van der Waals surface area contributed by atoms with E-state index in [-0.39, 0.29) is 18.2 Å². The predicted octanol–water partition coefficient (Wildman–Crippen LogP) is 3.32. The van der Waals surface area contributed by atoms with Crippen LogP contribution in [0.25, 0.3) is 0 Å². The molecule has 1 fully saturated rings. The minimum absolute atomic E-state index is 0.0639. The second-order valence-electron chi connectivity index (χ2n) is 6.83. The van der Waals surface area contributed by atoms with Crippen molar-refractivity contribution >= 4 is 17.5 Å². The van der Waals surface area contributed by atoms with Crippen LogP contribution in [-0.4, -0.2) is 18.4 Å². The highest BCUT2D eigenvalue weighted by Gasteiger charge is 2.46. The van der Waals surface area contributed by atoms with E-state index in [1.165, 1.54) is 12.1 Å². The molecule has 2 unspecified atom stereocenters. The number of carbonyl (C=O) groups is 2. The molecular weight excluding hydrogens is 338 g/mol. The van der Waals surface area contributed by atoms with Crippen LogP contribution >= 0.6 is 0 Å². The second-order valence-corrected chi connectivity index (χ2v) is 6.83. The van der Waals surface area contributed by atoms with Crippen LogP contribution in [0.15, 0.2) is 42.5 Å². The molecule has 0 radical (unpaired) electrons. The Labute approximate surface area is 150 Å². The zero-order valence-electron chi connectivity index (χ0n) is 14.6. The maximum atomic E-state index is 14.2. The maximum Gasteiger partial charge on any atom is 0.240 e. The summed E-state index contributed by atoms with van der Waals surface area (Å²) in [7, 11) is 0. The minimum atomic E-state index is -1.11. The first kappa shape index (κ1) is 18.0. The van der Waals surface area contributed by atoms with E-state index < -0.39 is 35.3 Å². The Hall–Kier alpha value is -2.76. The molecule has 1 aliphatic heterocycles. The molecule has 3 rings (SSSR count). The smallest absolute Gasteiger partial charge is 0.240 e. The normalized spacial score (nSPS) is 20.0. The van der Waals surface area contributed by atoms with Gasteiger partial charge in [-0.15, -0.1) is 0 Å². The molecular formula is C20H20F2N2O2. The Morgan fingerprint density at radius 2 is 1.88 bits per heavy atom. The van der Waals surface area contributed by atoms with Crippen LogP contribution in [0.2, 0.25) is 0 Å². The summed E-state index contributed by atoms with van der Waals surface area (Å²) in [4.78, 5) is 25.8. The Morgan fingerprint density at radius 1 is 1.19 bits per heavy atom. The maximum absolute atomic E-state index is 14.2. The van der Waals surface area contributed by atoms with E-state index in [0.717, 1.165) is 22.1 Å². The molecule has 0 spiro atoms. The van der Waals surface area contributed by atoms with Crippen LogP contribution in [-0.2, 0) is 9.59 Å². The molecule has 2 N–H and O–H groups in total. The molecule has 1 aliphatic rings. The lowest BCUT2D eigenvalue weighted by molar-refractivity contribution is -0.130. The monoisotopic (exact) mass is 358 g/mol. The Kier molecular flexibility index (Phi) is 4.76. The summed E-state index contributed by atoms with van der Waals surface area (Å²) in [5.41, 5.74) is 7.14. The van der Waals surface area contributed by atoms with Crippen LogP contribution < -0.4 is 10.6 Å². The number of hydrogen-bond acceptors (Lipinski definition) is 2. The van der Waals surface area contributed by atoms with Crippen LogP contribution in [0.5, 0.6) is 0 Å². The van der Waals surface area contributed by atoms with Crippen molar-refractivity contribution in [3.63, 3.8) is 0 Å². The Morgan fingerprint density at radius 3 is 2.54 bits per heavy atom. The van der Waals surface area contributed by atoms with Gasteiger partial charge in [0.1, 0.15) is 5.92 Å². The van der Waals surface area contributed by atoms with Gasteiger partial charge in [0.2, 0.25) is 11.8 Å². The van der Waals surface area contributed by atoms with Crippen LogP contribution in [0, 0.1) is 17.6 Å². The SMILES string of the molecule is CC(C)c1cccc(C2CN(c3cccc(F)c3F)C(=O)C2C(N)=O)c1. The molecule has 2 atom stereocenters. The van der Waals surface area contributed by atoms with Gasteiger partial charge in [0.15, 0.2) is 11.6 Å². The fraction of sp³-hybridized carbons (Fsp3) is 0.300. The number of halogens is 2. The first-order chi connectivity index (χ1) is 12.3. The molecule has 2 amide bonds. The lowest BCUT2D eigenvalue weighted by atomic mass is 9.86. The van der Waals surface area contributed by atoms with Gasteiger partial charge in [-0.25, -0.2) is 8.78 Å². The van der Waals surface area contributed by atoms with Crippen molar-refractivity contribution in [1.29, 1.82) is 0 Å². The summed E-state index contributed by atoms with van der Waals surface area (Å²) in [5.74, 6) is -4.88. The van der Waals surface area contributed by atoms with Crippen LogP contribution in [0.1, 0.15) is 36.8 Å². The molecule has 6 heteroatoms. The number of rotatable bonds is 4. The van der Waals surface area contributed by atoms with E-state index in [4.69, 9.17) is 5.73 Å². The molecule has 2 aromatic rings. The first-order valence-corrected chi connectivity index (χ1v) is 8.45. The standard InChI is InChI=1S/C20H20F2N2O2/c1-11(2)12-5-3-6-13(9-12)14-10-24(20(26)17(14)19(23)25)16-8-4-7-15(21)18(16)22/h3-9,11,14,17H,10H2,1-2H3,(H2,23,25). The number of hydrogen-bond donors (Lipinski definition) is 1. The van der Waals surface area contributed by atoms with Crippen molar-refractivity contribution in [3.05, 3.63) is 65.2 Å². The number of nitrogens with two attached hydrogens (primary N) is 1. The zero-order chi connectivity index (χ0) is 19.0. The number of nitrogens with zero attached hydrogens (tertiary/aromatic N) is 1. The first-order valence-electron chi connectivity index (χ1n) is 8.45. The highest BCUT2D eigenvalue weighted by atomic mass is 19.2. The van der Waals surface area contributed by atoms with Gasteiger partial charge in [-0.2, -0.15) is 0 Å². The van der Waals surface area contributed by atoms with Crippen molar-refractivity contribution < 1.29 is 18.4 Å². The third-order valence-electron chi connectivity index (χ3n) is 4.85. The predicted molar refractivity (Wildman–Crippen MR) is 94.7 cm³/mol. The van der Waals surface area contributed by atoms with Crippen molar-refractivity contribution in [1.82, 2.24) is 0 Å². The molecule has 26 heavy (non-hydrogen) atoms. The van der Waals surface area contributed by atoms with Crippen LogP contribution in [0.3, 0.4) is 0 Å². The molecule has 136 valence electrons. The summed E-state index contributed by atoms with van der Waals surface area (Å²) in [6.45, 7) is 4.15. The number of amides is 2. The Bertz CT molecular complexity index is 867. The quantitative estimate of drug-likeness (QED) is 0.852. The lowest BCUT2D eigenvalue weighted by Crippen LogP contribution is -2.34. The van der Waals surface area contributed by atoms with Gasteiger partial charge >= 0.3 is 0 Å². The molecule has 0 aliphatic carbocycles. The number of carbonyl (C=O) groups excluding carboxylic acids is 2. The summed E-state index contributed by atoms with van der Waals surface area (Å²) in [6.07, 6.45) is 0. The second kappa shape index (κ2) is 6.86. The zero-order valence-corrected chi connectivity index (χ0v) is 14.6. The summed E-state index contributed by atoms with van der Waals surface area (Å²) in [6, 6.07) is 11.2. The van der Waals surface area contributed by atoms with Gasteiger partial charge in [-0.05, 0) is 29.2 Å². The minimum Gasteiger partial charge on any atom is -0.369 e. The Balaban J connectivity index is 2.03. The fourth-order valence-corrected chi connectivity index (χ4v) is 3.42. The third-order valence-corrected chi connectivity index (χ3v) is 4.85. The van der Waals surface area contributed by atoms with E-state index in [1.807, 2.05) is 38.1 Å². The molecule has 1 saturated heterocycles. The molecule has 4 nitrogen and oxygen atoms in total. The fourth-order valence-electron chi connectivity index (χ4n) is 3.42. The van der Waals surface area contributed by atoms with E-state index in [9.17, 15) is 18.4 Å². The largest absolute Gasteiger partial charge is 0.369 e. The van der Waals surface area contributed by atoms with Crippen molar-refractivity contribution in [2.24, 2.45) is 11.7 Å². The summed E-state index contributed by atoms with van der Waals surface area (Å²) in [5, 5.41) is 0. The molecule has 0 aromatic heterocycles. The van der Waals surface area contributed by atoms with E-state index in [2.05, 4.69) is 0 Å². The molecule has 2 aromatic carbocycles.